The van der Waals surface area contributed by atoms with Crippen LogP contribution in [0.1, 0.15) is 27.7 Å². The number of rotatable bonds is 1. The van der Waals surface area contributed by atoms with Gasteiger partial charge in [0.2, 0.25) is 0 Å². The zero-order chi connectivity index (χ0) is 12.1. The van der Waals surface area contributed by atoms with Crippen molar-refractivity contribution < 1.29 is 9.63 Å². The molecule has 0 heterocycles. The lowest BCUT2D eigenvalue weighted by Gasteiger charge is -2.10. The van der Waals surface area contributed by atoms with E-state index in [-0.39, 0.29) is 17.3 Å². The van der Waals surface area contributed by atoms with Crippen LogP contribution in [-0.2, 0) is 9.63 Å². The first-order valence-electron chi connectivity index (χ1n) is 5.28. The summed E-state index contributed by atoms with van der Waals surface area (Å²) in [6.45, 7) is 7.40. The Labute approximate surface area is 94.6 Å². The molecule has 2 aliphatic rings. The summed E-state index contributed by atoms with van der Waals surface area (Å²) >= 11 is 0. The molecule has 84 valence electrons. The van der Waals surface area contributed by atoms with E-state index in [4.69, 9.17) is 5.26 Å². The van der Waals surface area contributed by atoms with Crippen molar-refractivity contribution >= 4 is 11.7 Å². The molecule has 0 aromatic rings. The minimum absolute atomic E-state index is 0.0730. The van der Waals surface area contributed by atoms with Gasteiger partial charge in [-0.25, -0.2) is 4.79 Å². The van der Waals surface area contributed by atoms with Crippen LogP contribution in [0.15, 0.2) is 16.3 Å². The molecule has 2 atom stereocenters. The second-order valence-corrected chi connectivity index (χ2v) is 4.99. The van der Waals surface area contributed by atoms with Gasteiger partial charge in [-0.2, -0.15) is 5.26 Å². The van der Waals surface area contributed by atoms with Gasteiger partial charge in [-0.15, -0.1) is 0 Å². The van der Waals surface area contributed by atoms with Gasteiger partial charge >= 0.3 is 5.97 Å². The fourth-order valence-corrected chi connectivity index (χ4v) is 2.68. The lowest BCUT2D eigenvalue weighted by atomic mass is 9.95. The highest BCUT2D eigenvalue weighted by molar-refractivity contribution is 6.09. The van der Waals surface area contributed by atoms with Crippen LogP contribution >= 0.6 is 0 Å². The summed E-state index contributed by atoms with van der Waals surface area (Å²) in [4.78, 5) is 15.4. The first-order valence-corrected chi connectivity index (χ1v) is 5.28. The van der Waals surface area contributed by atoms with Gasteiger partial charge in [0.15, 0.2) is 0 Å². The van der Waals surface area contributed by atoms with Gasteiger partial charge in [0.25, 0.3) is 0 Å². The molecule has 2 aliphatic carbocycles. The first-order chi connectivity index (χ1) is 7.41. The van der Waals surface area contributed by atoms with E-state index in [2.05, 4.69) is 29.9 Å². The number of allylic oxidation sites excluding steroid dienone is 2. The summed E-state index contributed by atoms with van der Waals surface area (Å²) in [6.07, 6.45) is 0. The largest absolute Gasteiger partial charge is 0.331 e. The standard InChI is InChI=1S/C12H14N2O2/c1-6-8(5-13)9-10(12(9,3)4)11(6)14-16-7(2)15/h9-10H,1-4H3. The van der Waals surface area contributed by atoms with Crippen molar-refractivity contribution in [2.75, 3.05) is 0 Å². The highest BCUT2D eigenvalue weighted by atomic mass is 16.7. The quantitative estimate of drug-likeness (QED) is 0.499. The third-order valence-corrected chi connectivity index (χ3v) is 3.61. The zero-order valence-corrected chi connectivity index (χ0v) is 9.87. The molecule has 0 aromatic heterocycles. The van der Waals surface area contributed by atoms with Gasteiger partial charge in [-0.05, 0) is 17.9 Å². The number of nitriles is 1. The van der Waals surface area contributed by atoms with Crippen LogP contribution in [0.5, 0.6) is 0 Å². The Hall–Kier alpha value is -1.63. The SMILES string of the molecule is CC(=O)ON=C1C(C)=C(C#N)C2C1C2(C)C. The van der Waals surface area contributed by atoms with Crippen molar-refractivity contribution in [1.29, 1.82) is 5.26 Å². The summed E-state index contributed by atoms with van der Waals surface area (Å²) in [5, 5.41) is 13.0. The van der Waals surface area contributed by atoms with Crippen molar-refractivity contribution in [3.8, 4) is 6.07 Å². The number of nitrogens with zero attached hydrogens (tertiary/aromatic N) is 2. The van der Waals surface area contributed by atoms with Crippen LogP contribution in [0.2, 0.25) is 0 Å². The van der Waals surface area contributed by atoms with Crippen molar-refractivity contribution in [1.82, 2.24) is 0 Å². The highest BCUT2D eigenvalue weighted by Crippen LogP contribution is 2.67. The molecule has 0 aromatic carbocycles. The lowest BCUT2D eigenvalue weighted by Crippen LogP contribution is -2.10. The second-order valence-electron chi connectivity index (χ2n) is 4.99. The van der Waals surface area contributed by atoms with Crippen molar-refractivity contribution in [2.45, 2.75) is 27.7 Å². The van der Waals surface area contributed by atoms with Gasteiger partial charge in [-0.1, -0.05) is 19.0 Å². The monoisotopic (exact) mass is 218 g/mol. The Morgan fingerprint density at radius 3 is 2.56 bits per heavy atom. The van der Waals surface area contributed by atoms with E-state index in [1.165, 1.54) is 6.92 Å². The maximum atomic E-state index is 10.7. The molecule has 1 fully saturated rings. The lowest BCUT2D eigenvalue weighted by molar-refractivity contribution is -0.140. The number of hydrogen-bond donors (Lipinski definition) is 0. The number of oxime groups is 1. The average molecular weight is 218 g/mol. The van der Waals surface area contributed by atoms with Gasteiger partial charge in [0, 0.05) is 24.3 Å². The Balaban J connectivity index is 2.35. The number of hydrogen-bond acceptors (Lipinski definition) is 4. The minimum atomic E-state index is -0.430. The zero-order valence-electron chi connectivity index (χ0n) is 9.87. The molecule has 4 heteroatoms. The van der Waals surface area contributed by atoms with Crippen LogP contribution in [0.25, 0.3) is 0 Å². The fraction of sp³-hybridized carbons (Fsp3) is 0.583. The molecule has 0 aliphatic heterocycles. The van der Waals surface area contributed by atoms with E-state index in [0.717, 1.165) is 16.9 Å². The predicted molar refractivity (Wildman–Crippen MR) is 58.3 cm³/mol. The Morgan fingerprint density at radius 1 is 1.50 bits per heavy atom. The van der Waals surface area contributed by atoms with E-state index >= 15 is 0 Å². The molecule has 0 bridgehead atoms. The molecular weight excluding hydrogens is 204 g/mol. The number of carbonyl (C=O) groups is 1. The van der Waals surface area contributed by atoms with E-state index in [1.807, 2.05) is 6.92 Å². The van der Waals surface area contributed by atoms with Gasteiger partial charge in [0.05, 0.1) is 11.8 Å². The number of carbonyl (C=O) groups excluding carboxylic acids is 1. The van der Waals surface area contributed by atoms with E-state index < -0.39 is 5.97 Å². The molecule has 16 heavy (non-hydrogen) atoms. The van der Waals surface area contributed by atoms with Crippen LogP contribution < -0.4 is 0 Å². The van der Waals surface area contributed by atoms with E-state index in [0.29, 0.717) is 0 Å². The van der Waals surface area contributed by atoms with E-state index in [1.54, 1.807) is 0 Å². The van der Waals surface area contributed by atoms with Gasteiger partial charge in [-0.3, -0.25) is 0 Å². The molecule has 0 spiro atoms. The smallest absolute Gasteiger partial charge is 0.318 e. The fourth-order valence-electron chi connectivity index (χ4n) is 2.68. The topological polar surface area (TPSA) is 62.4 Å². The maximum Gasteiger partial charge on any atom is 0.331 e. The maximum absolute atomic E-state index is 10.7. The summed E-state index contributed by atoms with van der Waals surface area (Å²) in [5.74, 6) is 0.0639. The third-order valence-electron chi connectivity index (χ3n) is 3.61. The summed E-state index contributed by atoms with van der Waals surface area (Å²) in [6, 6.07) is 2.24. The summed E-state index contributed by atoms with van der Waals surface area (Å²) in [5.41, 5.74) is 2.50. The molecule has 0 saturated heterocycles. The molecule has 0 amide bonds. The molecule has 0 radical (unpaired) electrons. The minimum Gasteiger partial charge on any atom is -0.318 e. The van der Waals surface area contributed by atoms with Crippen LogP contribution in [-0.4, -0.2) is 11.7 Å². The van der Waals surface area contributed by atoms with Crippen molar-refractivity contribution in [3.05, 3.63) is 11.1 Å². The molecular formula is C12H14N2O2. The van der Waals surface area contributed by atoms with Crippen LogP contribution in [0.4, 0.5) is 0 Å². The highest BCUT2D eigenvalue weighted by Gasteiger charge is 2.66. The first kappa shape index (κ1) is 10.9. The Bertz CT molecular complexity index is 466. The third kappa shape index (κ3) is 1.28. The average Bonchev–Trinajstić information content (AvgIpc) is 2.61. The predicted octanol–water partition coefficient (Wildman–Crippen LogP) is 2.03. The van der Waals surface area contributed by atoms with Crippen LogP contribution in [0, 0.1) is 28.6 Å². The van der Waals surface area contributed by atoms with Crippen molar-refractivity contribution in [2.24, 2.45) is 22.4 Å². The molecule has 2 rings (SSSR count). The Morgan fingerprint density at radius 2 is 2.12 bits per heavy atom. The Kier molecular flexibility index (Phi) is 2.16. The molecule has 4 nitrogen and oxygen atoms in total. The van der Waals surface area contributed by atoms with Crippen molar-refractivity contribution in [3.63, 3.8) is 0 Å². The normalized spacial score (nSPS) is 32.3. The van der Waals surface area contributed by atoms with E-state index in [9.17, 15) is 4.79 Å². The second kappa shape index (κ2) is 3.18. The van der Waals surface area contributed by atoms with Gasteiger partial charge < -0.3 is 4.84 Å². The summed E-state index contributed by atoms with van der Waals surface area (Å²) < 4.78 is 0. The van der Waals surface area contributed by atoms with Crippen LogP contribution in [0.3, 0.4) is 0 Å². The number of fused-ring (bicyclic) bond motifs is 1. The summed E-state index contributed by atoms with van der Waals surface area (Å²) in [7, 11) is 0. The molecule has 2 unspecified atom stereocenters. The molecule has 0 N–H and O–H groups in total. The van der Waals surface area contributed by atoms with Gasteiger partial charge in [0.1, 0.15) is 0 Å². The molecule has 1 saturated carbocycles.